The Labute approximate surface area is 81.7 Å². The van der Waals surface area contributed by atoms with E-state index in [1.165, 1.54) is 6.42 Å². The number of unbranched alkanes of at least 4 members (excludes halogenated alkanes) is 4. The largest absolute Gasteiger partial charge is 0.376 e. The van der Waals surface area contributed by atoms with Crippen LogP contribution >= 0.6 is 0 Å². The Morgan fingerprint density at radius 1 is 1.08 bits per heavy atom. The van der Waals surface area contributed by atoms with Crippen molar-refractivity contribution in [3.63, 3.8) is 0 Å². The minimum Gasteiger partial charge on any atom is -0.376 e. The van der Waals surface area contributed by atoms with Crippen molar-refractivity contribution >= 4 is 6.29 Å². The molecule has 0 unspecified atom stereocenters. The number of aldehydes is 1. The number of hydrogen-bond acceptors (Lipinski definition) is 2. The highest BCUT2D eigenvalue weighted by Crippen LogP contribution is 2.09. The molecule has 0 aromatic rings. The van der Waals surface area contributed by atoms with E-state index in [1.807, 2.05) is 0 Å². The van der Waals surface area contributed by atoms with Crippen LogP contribution in [0.4, 0.5) is 0 Å². The number of hydrogen-bond donors (Lipinski definition) is 0. The van der Waals surface area contributed by atoms with E-state index in [0.717, 1.165) is 32.2 Å². The van der Waals surface area contributed by atoms with E-state index >= 15 is 0 Å². The predicted octanol–water partition coefficient (Wildman–Crippen LogP) is 2.95. The second-order valence-electron chi connectivity index (χ2n) is 4.33. The molecule has 0 saturated carbocycles. The number of rotatable bonds is 7. The van der Waals surface area contributed by atoms with Gasteiger partial charge in [-0.15, -0.1) is 0 Å². The lowest BCUT2D eigenvalue weighted by Gasteiger charge is -2.19. The molecule has 0 rings (SSSR count). The van der Waals surface area contributed by atoms with Crippen LogP contribution in [0.2, 0.25) is 0 Å². The van der Waals surface area contributed by atoms with Crippen molar-refractivity contribution in [1.29, 1.82) is 0 Å². The quantitative estimate of drug-likeness (QED) is 0.451. The maximum atomic E-state index is 10.0. The highest BCUT2D eigenvalue weighted by atomic mass is 16.5. The Bertz CT molecular complexity index is 125. The van der Waals surface area contributed by atoms with Crippen LogP contribution in [-0.2, 0) is 9.53 Å². The molecule has 78 valence electrons. The van der Waals surface area contributed by atoms with Crippen LogP contribution in [0.5, 0.6) is 0 Å². The van der Waals surface area contributed by atoms with E-state index in [1.54, 1.807) is 0 Å². The number of carbonyl (C=O) groups excluding carboxylic acids is 1. The molecule has 0 amide bonds. The third-order valence-electron chi connectivity index (χ3n) is 1.75. The molecule has 2 nitrogen and oxygen atoms in total. The van der Waals surface area contributed by atoms with Crippen LogP contribution < -0.4 is 0 Å². The average molecular weight is 186 g/mol. The van der Waals surface area contributed by atoms with Crippen LogP contribution in [0, 0.1) is 0 Å². The van der Waals surface area contributed by atoms with Gasteiger partial charge in [-0.3, -0.25) is 0 Å². The molecule has 0 radical (unpaired) electrons. The molecule has 0 aliphatic rings. The van der Waals surface area contributed by atoms with Crippen molar-refractivity contribution in [3.8, 4) is 0 Å². The zero-order valence-corrected chi connectivity index (χ0v) is 9.14. The van der Waals surface area contributed by atoms with Crippen molar-refractivity contribution in [2.24, 2.45) is 0 Å². The van der Waals surface area contributed by atoms with Crippen molar-refractivity contribution in [1.82, 2.24) is 0 Å². The Kier molecular flexibility index (Phi) is 6.87. The normalized spacial score (nSPS) is 11.6. The molecule has 0 aromatic heterocycles. The Morgan fingerprint density at radius 3 is 2.23 bits per heavy atom. The second-order valence-corrected chi connectivity index (χ2v) is 4.33. The molecular weight excluding hydrogens is 164 g/mol. The minimum atomic E-state index is -0.0111. The summed E-state index contributed by atoms with van der Waals surface area (Å²) in [7, 11) is 0. The standard InChI is InChI=1S/C11H22O2/c1-11(2,3)13-10-8-6-4-5-7-9-12/h9H,4-8,10H2,1-3H3. The van der Waals surface area contributed by atoms with Crippen LogP contribution in [0.3, 0.4) is 0 Å². The summed E-state index contributed by atoms with van der Waals surface area (Å²) in [6.07, 6.45) is 6.15. The highest BCUT2D eigenvalue weighted by molar-refractivity contribution is 5.48. The fraction of sp³-hybridized carbons (Fsp3) is 0.909. The van der Waals surface area contributed by atoms with E-state index in [2.05, 4.69) is 20.8 Å². The van der Waals surface area contributed by atoms with Gasteiger partial charge in [-0.05, 0) is 33.6 Å². The Balaban J connectivity index is 3.04. The summed E-state index contributed by atoms with van der Waals surface area (Å²) in [6, 6.07) is 0. The molecule has 0 aliphatic carbocycles. The fourth-order valence-corrected chi connectivity index (χ4v) is 1.06. The third kappa shape index (κ3) is 11.6. The van der Waals surface area contributed by atoms with E-state index in [9.17, 15) is 4.79 Å². The summed E-state index contributed by atoms with van der Waals surface area (Å²) in [4.78, 5) is 10.0. The highest BCUT2D eigenvalue weighted by Gasteiger charge is 2.08. The van der Waals surface area contributed by atoms with E-state index in [-0.39, 0.29) is 5.60 Å². The van der Waals surface area contributed by atoms with Gasteiger partial charge in [0.05, 0.1) is 5.60 Å². The van der Waals surface area contributed by atoms with E-state index in [0.29, 0.717) is 6.42 Å². The van der Waals surface area contributed by atoms with E-state index in [4.69, 9.17) is 4.74 Å². The molecule has 13 heavy (non-hydrogen) atoms. The van der Waals surface area contributed by atoms with Crippen LogP contribution in [0.15, 0.2) is 0 Å². The third-order valence-corrected chi connectivity index (χ3v) is 1.75. The summed E-state index contributed by atoms with van der Waals surface area (Å²) in [6.45, 7) is 7.04. The molecule has 0 saturated heterocycles. The zero-order valence-electron chi connectivity index (χ0n) is 9.14. The zero-order chi connectivity index (χ0) is 10.2. The summed E-state index contributed by atoms with van der Waals surface area (Å²) in [5.74, 6) is 0. The number of carbonyl (C=O) groups is 1. The molecule has 0 heterocycles. The first-order valence-corrected chi connectivity index (χ1v) is 5.14. The Morgan fingerprint density at radius 2 is 1.69 bits per heavy atom. The van der Waals surface area contributed by atoms with Crippen LogP contribution in [0.1, 0.15) is 52.9 Å². The molecule has 0 fully saturated rings. The number of ether oxygens (including phenoxy) is 1. The summed E-state index contributed by atoms with van der Waals surface area (Å²) < 4.78 is 5.57. The van der Waals surface area contributed by atoms with Gasteiger partial charge >= 0.3 is 0 Å². The molecule has 0 N–H and O–H groups in total. The smallest absolute Gasteiger partial charge is 0.119 e. The monoisotopic (exact) mass is 186 g/mol. The van der Waals surface area contributed by atoms with E-state index < -0.39 is 0 Å². The lowest BCUT2D eigenvalue weighted by atomic mass is 10.1. The minimum absolute atomic E-state index is 0.0111. The van der Waals surface area contributed by atoms with Gasteiger partial charge in [0.2, 0.25) is 0 Å². The van der Waals surface area contributed by atoms with Gasteiger partial charge in [-0.2, -0.15) is 0 Å². The summed E-state index contributed by atoms with van der Waals surface area (Å²) in [5, 5.41) is 0. The maximum absolute atomic E-state index is 10.0. The van der Waals surface area contributed by atoms with Crippen LogP contribution in [-0.4, -0.2) is 18.5 Å². The SMILES string of the molecule is CC(C)(C)OCCCCCCC=O. The van der Waals surface area contributed by atoms with Crippen molar-refractivity contribution in [3.05, 3.63) is 0 Å². The van der Waals surface area contributed by atoms with Crippen molar-refractivity contribution in [2.45, 2.75) is 58.5 Å². The van der Waals surface area contributed by atoms with Crippen molar-refractivity contribution in [2.75, 3.05) is 6.61 Å². The van der Waals surface area contributed by atoms with Gasteiger partial charge in [-0.1, -0.05) is 12.8 Å². The first kappa shape index (κ1) is 12.6. The maximum Gasteiger partial charge on any atom is 0.119 e. The first-order valence-electron chi connectivity index (χ1n) is 5.14. The molecule has 0 aromatic carbocycles. The molecule has 0 aliphatic heterocycles. The molecule has 0 atom stereocenters. The molecule has 2 heteroatoms. The van der Waals surface area contributed by atoms with Gasteiger partial charge in [-0.25, -0.2) is 0 Å². The predicted molar refractivity (Wildman–Crippen MR) is 54.9 cm³/mol. The fourth-order valence-electron chi connectivity index (χ4n) is 1.06. The molecule has 0 spiro atoms. The van der Waals surface area contributed by atoms with Crippen LogP contribution in [0.25, 0.3) is 0 Å². The van der Waals surface area contributed by atoms with Gasteiger partial charge in [0.15, 0.2) is 0 Å². The van der Waals surface area contributed by atoms with Crippen molar-refractivity contribution < 1.29 is 9.53 Å². The Hall–Kier alpha value is -0.370. The first-order chi connectivity index (χ1) is 6.06. The summed E-state index contributed by atoms with van der Waals surface area (Å²) in [5.41, 5.74) is -0.0111. The molecule has 0 bridgehead atoms. The average Bonchev–Trinajstić information content (AvgIpc) is 2.01. The second kappa shape index (κ2) is 7.07. The topological polar surface area (TPSA) is 26.3 Å². The van der Waals surface area contributed by atoms with Gasteiger partial charge in [0, 0.05) is 13.0 Å². The lowest BCUT2D eigenvalue weighted by Crippen LogP contribution is -2.19. The van der Waals surface area contributed by atoms with Gasteiger partial charge < -0.3 is 9.53 Å². The van der Waals surface area contributed by atoms with Gasteiger partial charge in [0.1, 0.15) is 6.29 Å². The van der Waals surface area contributed by atoms with Gasteiger partial charge in [0.25, 0.3) is 0 Å². The molecular formula is C11H22O2. The lowest BCUT2D eigenvalue weighted by molar-refractivity contribution is -0.107. The summed E-state index contributed by atoms with van der Waals surface area (Å²) >= 11 is 0.